The van der Waals surface area contributed by atoms with Crippen molar-refractivity contribution in [3.63, 3.8) is 0 Å². The smallest absolute Gasteiger partial charge is 0.312 e. The number of hydrogen-bond acceptors (Lipinski definition) is 6. The third-order valence-corrected chi connectivity index (χ3v) is 6.07. The van der Waals surface area contributed by atoms with E-state index < -0.39 is 21.6 Å². The van der Waals surface area contributed by atoms with Crippen molar-refractivity contribution in [2.24, 2.45) is 0 Å². The Morgan fingerprint density at radius 3 is 2.39 bits per heavy atom. The van der Waals surface area contributed by atoms with E-state index in [1.165, 1.54) is 16.9 Å². The Morgan fingerprint density at radius 1 is 1.21 bits per heavy atom. The van der Waals surface area contributed by atoms with Gasteiger partial charge in [0.05, 0.1) is 16.1 Å². The van der Waals surface area contributed by atoms with Crippen molar-refractivity contribution < 1.29 is 22.7 Å². The third kappa shape index (κ3) is 4.28. The average molecular weight is 427 g/mol. The molecule has 1 aromatic carbocycles. The number of halogens is 1. The topological polar surface area (TPSA) is 95.3 Å². The van der Waals surface area contributed by atoms with Gasteiger partial charge >= 0.3 is 5.97 Å². The zero-order chi connectivity index (χ0) is 21.2. The Balaban J connectivity index is 2.63. The molecular weight excluding hydrogens is 404 g/mol. The van der Waals surface area contributed by atoms with Gasteiger partial charge < -0.3 is 4.74 Å². The minimum Gasteiger partial charge on any atom is -0.407 e. The van der Waals surface area contributed by atoms with Gasteiger partial charge in [0.1, 0.15) is 5.56 Å². The highest BCUT2D eigenvalue weighted by atomic mass is 35.5. The van der Waals surface area contributed by atoms with E-state index in [0.717, 1.165) is 12.7 Å². The molecule has 0 spiro atoms. The first-order chi connectivity index (χ1) is 13.0. The molecule has 0 atom stereocenters. The van der Waals surface area contributed by atoms with Gasteiger partial charge in [0.15, 0.2) is 9.84 Å². The van der Waals surface area contributed by atoms with Gasteiger partial charge in [0.25, 0.3) is 0 Å². The predicted molar refractivity (Wildman–Crippen MR) is 106 cm³/mol. The Hall–Kier alpha value is -2.19. The van der Waals surface area contributed by atoms with Crippen molar-refractivity contribution in [2.75, 3.05) is 6.26 Å². The van der Waals surface area contributed by atoms with E-state index in [0.29, 0.717) is 17.7 Å². The maximum atomic E-state index is 13.2. The van der Waals surface area contributed by atoms with E-state index in [4.69, 9.17) is 16.3 Å². The summed E-state index contributed by atoms with van der Waals surface area (Å²) in [4.78, 5) is 25.1. The standard InChI is InChI=1S/C19H23ClN2O5S/c1-6-8-22-19(27-15(23)7-2)14(10-21-22)17(24)13-9-11(3)18(28(5,25)26)12(4)16(13)20/h9-10H,6-8H2,1-5H3. The SMILES string of the molecule is CCCn1ncc(C(=O)c2cc(C)c(S(C)(=O)=O)c(C)c2Cl)c1OC(=O)CC. The number of benzene rings is 1. The fourth-order valence-electron chi connectivity index (χ4n) is 3.01. The lowest BCUT2D eigenvalue weighted by atomic mass is 10.0. The number of hydrogen-bond donors (Lipinski definition) is 0. The van der Waals surface area contributed by atoms with Gasteiger partial charge in [0.2, 0.25) is 11.7 Å². The van der Waals surface area contributed by atoms with Crippen LogP contribution in [-0.4, -0.2) is 36.2 Å². The molecule has 0 amide bonds. The number of aryl methyl sites for hydroxylation is 2. The highest BCUT2D eigenvalue weighted by molar-refractivity contribution is 7.90. The fraction of sp³-hybridized carbons (Fsp3) is 0.421. The van der Waals surface area contributed by atoms with Crippen LogP contribution < -0.4 is 4.74 Å². The Morgan fingerprint density at radius 2 is 1.86 bits per heavy atom. The molecule has 9 heteroatoms. The molecule has 0 unspecified atom stereocenters. The van der Waals surface area contributed by atoms with Crippen LogP contribution in [0.2, 0.25) is 5.02 Å². The van der Waals surface area contributed by atoms with Gasteiger partial charge in [0, 0.05) is 24.8 Å². The summed E-state index contributed by atoms with van der Waals surface area (Å²) in [5.74, 6) is -0.910. The Labute approximate surface area is 169 Å². The van der Waals surface area contributed by atoms with E-state index >= 15 is 0 Å². The normalized spacial score (nSPS) is 11.5. The van der Waals surface area contributed by atoms with Crippen molar-refractivity contribution in [2.45, 2.75) is 52.0 Å². The average Bonchev–Trinajstić information content (AvgIpc) is 2.99. The number of rotatable bonds is 7. The van der Waals surface area contributed by atoms with E-state index in [1.807, 2.05) is 6.92 Å². The van der Waals surface area contributed by atoms with Crippen LogP contribution in [0, 0.1) is 13.8 Å². The molecule has 1 aromatic heterocycles. The van der Waals surface area contributed by atoms with Gasteiger partial charge in [-0.25, -0.2) is 13.1 Å². The minimum absolute atomic E-state index is 0.0482. The van der Waals surface area contributed by atoms with Gasteiger partial charge in [-0.05, 0) is 37.5 Å². The monoisotopic (exact) mass is 426 g/mol. The zero-order valence-electron chi connectivity index (χ0n) is 16.5. The second-order valence-electron chi connectivity index (χ2n) is 6.52. The maximum absolute atomic E-state index is 13.2. The molecule has 0 saturated heterocycles. The number of nitrogens with zero attached hydrogens (tertiary/aromatic N) is 2. The lowest BCUT2D eigenvalue weighted by molar-refractivity contribution is -0.134. The number of carbonyl (C=O) groups excluding carboxylic acids is 2. The summed E-state index contributed by atoms with van der Waals surface area (Å²) >= 11 is 6.35. The summed E-state index contributed by atoms with van der Waals surface area (Å²) < 4.78 is 30.9. The van der Waals surface area contributed by atoms with E-state index in [-0.39, 0.29) is 33.3 Å². The summed E-state index contributed by atoms with van der Waals surface area (Å²) in [5.41, 5.74) is 0.957. The molecule has 0 radical (unpaired) electrons. The van der Waals surface area contributed by atoms with Crippen LogP contribution >= 0.6 is 11.6 Å². The molecular formula is C19H23ClN2O5S. The third-order valence-electron chi connectivity index (χ3n) is 4.21. The summed E-state index contributed by atoms with van der Waals surface area (Å²) in [7, 11) is -3.51. The fourth-order valence-corrected chi connectivity index (χ4v) is 4.61. The molecule has 0 bridgehead atoms. The molecule has 152 valence electrons. The maximum Gasteiger partial charge on any atom is 0.312 e. The van der Waals surface area contributed by atoms with Gasteiger partial charge in [-0.2, -0.15) is 5.10 Å². The first kappa shape index (κ1) is 22.1. The van der Waals surface area contributed by atoms with E-state index in [2.05, 4.69) is 5.10 Å². The molecule has 0 fully saturated rings. The van der Waals surface area contributed by atoms with E-state index in [9.17, 15) is 18.0 Å². The van der Waals surface area contributed by atoms with Crippen LogP contribution in [0.1, 0.15) is 53.7 Å². The quantitative estimate of drug-likeness (QED) is 0.496. The highest BCUT2D eigenvalue weighted by Crippen LogP contribution is 2.33. The van der Waals surface area contributed by atoms with E-state index in [1.54, 1.807) is 20.8 Å². The van der Waals surface area contributed by atoms with Gasteiger partial charge in [-0.15, -0.1) is 0 Å². The van der Waals surface area contributed by atoms with Crippen LogP contribution in [-0.2, 0) is 21.2 Å². The molecule has 28 heavy (non-hydrogen) atoms. The largest absolute Gasteiger partial charge is 0.407 e. The molecule has 2 rings (SSSR count). The molecule has 0 N–H and O–H groups in total. The summed E-state index contributed by atoms with van der Waals surface area (Å²) in [6.45, 7) is 7.22. The number of carbonyl (C=O) groups is 2. The number of esters is 1. The highest BCUT2D eigenvalue weighted by Gasteiger charge is 2.27. The molecule has 0 aliphatic rings. The first-order valence-corrected chi connectivity index (χ1v) is 11.1. The summed E-state index contributed by atoms with van der Waals surface area (Å²) in [6, 6.07) is 1.44. The van der Waals surface area contributed by atoms with Crippen LogP contribution in [0.25, 0.3) is 0 Å². The van der Waals surface area contributed by atoms with Crippen molar-refractivity contribution in [1.29, 1.82) is 0 Å². The first-order valence-electron chi connectivity index (χ1n) is 8.83. The second kappa shape index (κ2) is 8.45. The molecule has 0 aliphatic carbocycles. The lowest BCUT2D eigenvalue weighted by Crippen LogP contribution is -2.14. The molecule has 0 saturated carbocycles. The minimum atomic E-state index is -3.51. The molecule has 1 heterocycles. The zero-order valence-corrected chi connectivity index (χ0v) is 18.1. The number of ether oxygens (including phenoxy) is 1. The van der Waals surface area contributed by atoms with Crippen LogP contribution in [0.5, 0.6) is 5.88 Å². The molecule has 7 nitrogen and oxygen atoms in total. The Bertz CT molecular complexity index is 1040. The van der Waals surface area contributed by atoms with Crippen LogP contribution in [0.3, 0.4) is 0 Å². The van der Waals surface area contributed by atoms with Crippen molar-refractivity contribution >= 4 is 33.2 Å². The van der Waals surface area contributed by atoms with Gasteiger partial charge in [-0.1, -0.05) is 25.4 Å². The van der Waals surface area contributed by atoms with Crippen molar-refractivity contribution in [3.8, 4) is 5.88 Å². The van der Waals surface area contributed by atoms with Crippen LogP contribution in [0.4, 0.5) is 0 Å². The summed E-state index contributed by atoms with van der Waals surface area (Å²) in [5, 5.41) is 4.20. The second-order valence-corrected chi connectivity index (χ2v) is 8.86. The van der Waals surface area contributed by atoms with Crippen molar-refractivity contribution in [1.82, 2.24) is 9.78 Å². The molecule has 2 aromatic rings. The number of aromatic nitrogens is 2. The number of ketones is 1. The predicted octanol–water partition coefficient (Wildman–Crippen LogP) is 3.51. The summed E-state index contributed by atoms with van der Waals surface area (Å²) in [6.07, 6.45) is 3.31. The lowest BCUT2D eigenvalue weighted by Gasteiger charge is -2.14. The van der Waals surface area contributed by atoms with Crippen LogP contribution in [0.15, 0.2) is 17.2 Å². The number of sulfone groups is 1. The molecule has 0 aliphatic heterocycles. The van der Waals surface area contributed by atoms with Gasteiger partial charge in [-0.3, -0.25) is 9.59 Å². The van der Waals surface area contributed by atoms with Crippen molar-refractivity contribution in [3.05, 3.63) is 39.5 Å². The Kier molecular flexibility index (Phi) is 6.67.